The first-order chi connectivity index (χ1) is 8.65. The maximum atomic E-state index is 11.4. The Morgan fingerprint density at radius 3 is 2.67 bits per heavy atom. The first kappa shape index (κ1) is 10.9. The third kappa shape index (κ3) is 1.66. The second-order valence-electron chi connectivity index (χ2n) is 3.62. The van der Waals surface area contributed by atoms with Gasteiger partial charge in [-0.25, -0.2) is 4.98 Å². The molecule has 3 rings (SSSR count). The fourth-order valence-corrected chi connectivity index (χ4v) is 2.39. The van der Waals surface area contributed by atoms with E-state index in [9.17, 15) is 14.9 Å². The lowest BCUT2D eigenvalue weighted by molar-refractivity contribution is -0.384. The van der Waals surface area contributed by atoms with Crippen LogP contribution >= 0.6 is 11.8 Å². The zero-order valence-electron chi connectivity index (χ0n) is 8.94. The van der Waals surface area contributed by atoms with Crippen LogP contribution in [0.4, 0.5) is 5.69 Å². The number of benzene rings is 1. The molecule has 2 heterocycles. The van der Waals surface area contributed by atoms with E-state index in [-0.39, 0.29) is 11.6 Å². The van der Waals surface area contributed by atoms with Gasteiger partial charge in [0.15, 0.2) is 11.0 Å². The molecule has 2 aromatic rings. The Kier molecular flexibility index (Phi) is 2.37. The number of nitro benzene ring substituents is 1. The molecule has 0 amide bonds. The van der Waals surface area contributed by atoms with E-state index < -0.39 is 4.92 Å². The summed E-state index contributed by atoms with van der Waals surface area (Å²) < 4.78 is 1.27. The van der Waals surface area contributed by atoms with E-state index in [0.717, 1.165) is 0 Å². The quantitative estimate of drug-likeness (QED) is 0.603. The van der Waals surface area contributed by atoms with Crippen molar-refractivity contribution in [3.8, 4) is 11.4 Å². The first-order valence-electron chi connectivity index (χ1n) is 5.03. The minimum absolute atomic E-state index is 0.0101. The Labute approximate surface area is 105 Å². The van der Waals surface area contributed by atoms with Crippen LogP contribution in [-0.4, -0.2) is 31.3 Å². The number of nitrogens with zero attached hydrogens (tertiary/aromatic N) is 4. The van der Waals surface area contributed by atoms with Crippen molar-refractivity contribution in [2.45, 2.75) is 5.16 Å². The number of aromatic nitrogens is 3. The molecule has 0 unspecified atom stereocenters. The Morgan fingerprint density at radius 1 is 1.33 bits per heavy atom. The highest BCUT2D eigenvalue weighted by molar-refractivity contribution is 8.00. The molecule has 8 heteroatoms. The summed E-state index contributed by atoms with van der Waals surface area (Å²) in [6.45, 7) is 0. The summed E-state index contributed by atoms with van der Waals surface area (Å²) in [5.41, 5.74) is 0.659. The van der Waals surface area contributed by atoms with E-state index in [1.165, 1.54) is 28.6 Å². The lowest BCUT2D eigenvalue weighted by atomic mass is 10.2. The van der Waals surface area contributed by atoms with Crippen molar-refractivity contribution in [1.29, 1.82) is 0 Å². The van der Waals surface area contributed by atoms with Crippen LogP contribution < -0.4 is 0 Å². The third-order valence-electron chi connectivity index (χ3n) is 2.47. The summed E-state index contributed by atoms with van der Waals surface area (Å²) in [6, 6.07) is 5.91. The maximum absolute atomic E-state index is 11.4. The van der Waals surface area contributed by atoms with Gasteiger partial charge in [-0.15, -0.1) is 5.10 Å². The number of nitro groups is 1. The molecular formula is C10H6N4O3S. The fraction of sp³-hybridized carbons (Fsp3) is 0.100. The van der Waals surface area contributed by atoms with E-state index >= 15 is 0 Å². The Morgan fingerprint density at radius 2 is 2.06 bits per heavy atom. The number of carbonyl (C=O) groups is 1. The zero-order valence-corrected chi connectivity index (χ0v) is 9.75. The van der Waals surface area contributed by atoms with E-state index in [1.807, 2.05) is 0 Å². The zero-order chi connectivity index (χ0) is 12.7. The van der Waals surface area contributed by atoms with Crippen molar-refractivity contribution in [3.05, 3.63) is 34.4 Å². The smallest absolute Gasteiger partial charge is 0.269 e. The lowest BCUT2D eigenvalue weighted by Gasteiger charge is -1.95. The van der Waals surface area contributed by atoms with Crippen LogP contribution in [0.5, 0.6) is 0 Å². The van der Waals surface area contributed by atoms with Crippen molar-refractivity contribution in [3.63, 3.8) is 0 Å². The first-order valence-corrected chi connectivity index (χ1v) is 6.01. The van der Waals surface area contributed by atoms with Crippen molar-refractivity contribution >= 4 is 23.4 Å². The molecule has 0 atom stereocenters. The summed E-state index contributed by atoms with van der Waals surface area (Å²) in [4.78, 5) is 25.7. The van der Waals surface area contributed by atoms with Crippen molar-refractivity contribution in [1.82, 2.24) is 14.8 Å². The van der Waals surface area contributed by atoms with Crippen LogP contribution in [0.25, 0.3) is 11.4 Å². The number of non-ortho nitro benzene ring substituents is 1. The van der Waals surface area contributed by atoms with Gasteiger partial charge in [-0.1, -0.05) is 11.8 Å². The van der Waals surface area contributed by atoms with Crippen LogP contribution in [0.3, 0.4) is 0 Å². The molecule has 0 saturated carbocycles. The standard InChI is InChI=1S/C10H6N4O3S/c15-8-5-18-10-11-9(12-13(8)10)6-1-3-7(4-2-6)14(16)17/h1-4H,5H2. The number of hydrogen-bond donors (Lipinski definition) is 0. The molecule has 18 heavy (non-hydrogen) atoms. The highest BCUT2D eigenvalue weighted by atomic mass is 32.2. The van der Waals surface area contributed by atoms with Crippen LogP contribution in [0.15, 0.2) is 29.4 Å². The summed E-state index contributed by atoms with van der Waals surface area (Å²) in [5.74, 6) is 0.659. The summed E-state index contributed by atoms with van der Waals surface area (Å²) in [5, 5.41) is 15.2. The third-order valence-corrected chi connectivity index (χ3v) is 3.39. The van der Waals surface area contributed by atoms with Crippen molar-refractivity contribution < 1.29 is 9.72 Å². The molecule has 1 aliphatic rings. The Hall–Kier alpha value is -2.22. The minimum atomic E-state index is -0.469. The molecule has 1 aromatic heterocycles. The molecule has 0 aliphatic carbocycles. The average Bonchev–Trinajstić information content (AvgIpc) is 2.92. The molecule has 0 bridgehead atoms. The van der Waals surface area contributed by atoms with Gasteiger partial charge in [-0.3, -0.25) is 14.9 Å². The van der Waals surface area contributed by atoms with E-state index in [4.69, 9.17) is 0 Å². The highest BCUT2D eigenvalue weighted by Gasteiger charge is 2.24. The van der Waals surface area contributed by atoms with Gasteiger partial charge in [0, 0.05) is 17.7 Å². The van der Waals surface area contributed by atoms with E-state index in [1.54, 1.807) is 12.1 Å². The molecule has 0 N–H and O–H groups in total. The second-order valence-corrected chi connectivity index (χ2v) is 4.56. The normalized spacial score (nSPS) is 13.7. The molecule has 0 saturated heterocycles. The Balaban J connectivity index is 1.98. The van der Waals surface area contributed by atoms with Gasteiger partial charge in [0.2, 0.25) is 0 Å². The molecule has 90 valence electrons. The second kappa shape index (κ2) is 3.91. The molecular weight excluding hydrogens is 256 g/mol. The van der Waals surface area contributed by atoms with Gasteiger partial charge >= 0.3 is 0 Å². The van der Waals surface area contributed by atoms with Gasteiger partial charge in [0.05, 0.1) is 10.7 Å². The topological polar surface area (TPSA) is 90.9 Å². The molecule has 0 radical (unpaired) electrons. The predicted octanol–water partition coefficient (Wildman–Crippen LogP) is 1.60. The number of rotatable bonds is 2. The van der Waals surface area contributed by atoms with Crippen LogP contribution in [-0.2, 0) is 0 Å². The summed E-state index contributed by atoms with van der Waals surface area (Å²) in [6.07, 6.45) is 0. The maximum Gasteiger partial charge on any atom is 0.269 e. The summed E-state index contributed by atoms with van der Waals surface area (Å²) in [7, 11) is 0. The van der Waals surface area contributed by atoms with E-state index in [0.29, 0.717) is 22.3 Å². The molecule has 1 aliphatic heterocycles. The van der Waals surface area contributed by atoms with E-state index in [2.05, 4.69) is 10.1 Å². The van der Waals surface area contributed by atoms with Crippen LogP contribution in [0.2, 0.25) is 0 Å². The molecule has 7 nitrogen and oxygen atoms in total. The lowest BCUT2D eigenvalue weighted by Crippen LogP contribution is -2.08. The van der Waals surface area contributed by atoms with Crippen LogP contribution in [0.1, 0.15) is 4.79 Å². The number of carbonyl (C=O) groups excluding carboxylic acids is 1. The van der Waals surface area contributed by atoms with Crippen molar-refractivity contribution in [2.75, 3.05) is 5.75 Å². The van der Waals surface area contributed by atoms with Gasteiger partial charge < -0.3 is 0 Å². The Bertz CT molecular complexity index is 650. The molecule has 0 spiro atoms. The molecule has 0 fully saturated rings. The SMILES string of the molecule is O=C1CSc2nc(-c3ccc([N+](=O)[O-])cc3)nn21. The van der Waals surface area contributed by atoms with Crippen molar-refractivity contribution in [2.24, 2.45) is 0 Å². The predicted molar refractivity (Wildman–Crippen MR) is 63.5 cm³/mol. The molecule has 1 aromatic carbocycles. The van der Waals surface area contributed by atoms with Gasteiger partial charge in [0.25, 0.3) is 11.6 Å². The monoisotopic (exact) mass is 262 g/mol. The van der Waals surface area contributed by atoms with Gasteiger partial charge in [-0.05, 0) is 12.1 Å². The van der Waals surface area contributed by atoms with Gasteiger partial charge in [0.1, 0.15) is 0 Å². The average molecular weight is 262 g/mol. The number of thioether (sulfide) groups is 1. The summed E-state index contributed by atoms with van der Waals surface area (Å²) >= 11 is 1.33. The van der Waals surface area contributed by atoms with Crippen LogP contribution in [0, 0.1) is 10.1 Å². The van der Waals surface area contributed by atoms with Gasteiger partial charge in [-0.2, -0.15) is 4.68 Å². The number of fused-ring (bicyclic) bond motifs is 1. The minimum Gasteiger partial charge on any atom is -0.271 e. The highest BCUT2D eigenvalue weighted by Crippen LogP contribution is 2.27. The number of hydrogen-bond acceptors (Lipinski definition) is 6. The fourth-order valence-electron chi connectivity index (χ4n) is 1.60. The largest absolute Gasteiger partial charge is 0.271 e.